The number of methoxy groups -OCH3 is 2. The van der Waals surface area contributed by atoms with Crippen molar-refractivity contribution in [2.24, 2.45) is 0 Å². The van der Waals surface area contributed by atoms with Crippen LogP contribution < -0.4 is 0 Å². The van der Waals surface area contributed by atoms with E-state index in [-0.39, 0.29) is 17.5 Å². The van der Waals surface area contributed by atoms with Gasteiger partial charge in [0, 0.05) is 48.6 Å². The van der Waals surface area contributed by atoms with Crippen LogP contribution in [0.5, 0.6) is 0 Å². The Bertz CT molecular complexity index is 524. The molecule has 4 nitrogen and oxygen atoms in total. The average molecular weight is 467 g/mol. The summed E-state index contributed by atoms with van der Waals surface area (Å²) in [5.41, 5.74) is 0.776. The number of thioether (sulfide) groups is 1. The molecule has 0 N–H and O–H groups in total. The topological polar surface area (TPSA) is 38.8 Å². The number of carbonyl (C=O) groups is 1. The van der Waals surface area contributed by atoms with Crippen LogP contribution in [0.1, 0.15) is 36.0 Å². The van der Waals surface area contributed by atoms with Gasteiger partial charge in [-0.1, -0.05) is 40.5 Å². The molecule has 0 amide bonds. The van der Waals surface area contributed by atoms with Gasteiger partial charge < -0.3 is 9.47 Å². The number of benzene rings is 1. The van der Waals surface area contributed by atoms with E-state index in [2.05, 4.69) is 20.8 Å². The number of hydrogen-bond acceptors (Lipinski definition) is 5. The van der Waals surface area contributed by atoms with Gasteiger partial charge in [-0.05, 0) is 37.1 Å². The third-order valence-electron chi connectivity index (χ3n) is 4.64. The highest BCUT2D eigenvalue weighted by Crippen LogP contribution is 2.34. The van der Waals surface area contributed by atoms with Crippen LogP contribution in [0.15, 0.2) is 28.7 Å². The van der Waals surface area contributed by atoms with Crippen LogP contribution in [-0.4, -0.2) is 61.8 Å². The summed E-state index contributed by atoms with van der Waals surface area (Å²) in [6.45, 7) is 3.18. The molecule has 0 unspecified atom stereocenters. The Labute approximate surface area is 175 Å². The number of rotatable bonds is 9. The van der Waals surface area contributed by atoms with Gasteiger partial charge in [-0.2, -0.15) is 0 Å². The van der Waals surface area contributed by atoms with Gasteiger partial charge in [0.25, 0.3) is 0 Å². The first-order valence-corrected chi connectivity index (χ1v) is 10.5. The Morgan fingerprint density at radius 3 is 2.27 bits per heavy atom. The molecule has 0 aromatic heterocycles. The third-order valence-corrected chi connectivity index (χ3v) is 6.47. The van der Waals surface area contributed by atoms with E-state index in [0.717, 1.165) is 36.0 Å². The lowest BCUT2D eigenvalue weighted by Gasteiger charge is -2.39. The van der Waals surface area contributed by atoms with Crippen molar-refractivity contribution in [3.63, 3.8) is 0 Å². The highest BCUT2D eigenvalue weighted by atomic mass is 79.9. The molecular weight excluding hydrogens is 438 g/mol. The Morgan fingerprint density at radius 2 is 1.69 bits per heavy atom. The van der Waals surface area contributed by atoms with Crippen LogP contribution in [0.3, 0.4) is 0 Å². The maximum Gasteiger partial charge on any atom is 0.219 e. The van der Waals surface area contributed by atoms with Gasteiger partial charge in [-0.25, -0.2) is 0 Å². The lowest BCUT2D eigenvalue weighted by Crippen LogP contribution is -2.47. The maximum absolute atomic E-state index is 12.7. The summed E-state index contributed by atoms with van der Waals surface area (Å²) in [5.74, 6) is 0. The molecule has 1 aromatic carbocycles. The van der Waals surface area contributed by atoms with Crippen molar-refractivity contribution >= 4 is 45.2 Å². The minimum atomic E-state index is 0. The highest BCUT2D eigenvalue weighted by Gasteiger charge is 2.32. The molecule has 0 spiro atoms. The molecule has 0 saturated heterocycles. The van der Waals surface area contributed by atoms with Crippen molar-refractivity contribution < 1.29 is 14.3 Å². The second kappa shape index (κ2) is 13.1. The minimum Gasteiger partial charge on any atom is -0.383 e. The standard InChI is InChI=1S/C19H28BrNO3S.ClH/c1-23-13-11-21(12-14-24-2)17-5-3-4-6-18(17)25-19(22)15-7-9-16(20)10-8-15;/h7-10,17-18H,3-6,11-14H2,1-2H3;1H/t17-,18-;/m1./s1. The molecule has 2 rings (SSSR count). The van der Waals surface area contributed by atoms with Gasteiger partial charge in [-0.3, -0.25) is 9.69 Å². The zero-order valence-electron chi connectivity index (χ0n) is 15.5. The highest BCUT2D eigenvalue weighted by molar-refractivity contribution is 9.10. The van der Waals surface area contributed by atoms with Crippen LogP contribution in [0.4, 0.5) is 0 Å². The molecule has 1 saturated carbocycles. The number of nitrogens with zero attached hydrogens (tertiary/aromatic N) is 1. The molecule has 148 valence electrons. The summed E-state index contributed by atoms with van der Waals surface area (Å²) in [6, 6.07) is 8.05. The lowest BCUT2D eigenvalue weighted by molar-refractivity contribution is 0.0761. The fourth-order valence-electron chi connectivity index (χ4n) is 3.28. The molecule has 1 aliphatic carbocycles. The van der Waals surface area contributed by atoms with Gasteiger partial charge in [0.2, 0.25) is 5.12 Å². The van der Waals surface area contributed by atoms with Crippen molar-refractivity contribution in [3.05, 3.63) is 34.3 Å². The van der Waals surface area contributed by atoms with Crippen LogP contribution in [0, 0.1) is 0 Å². The van der Waals surface area contributed by atoms with E-state index in [9.17, 15) is 4.79 Å². The summed E-state index contributed by atoms with van der Waals surface area (Å²) in [5, 5.41) is 0.501. The summed E-state index contributed by atoms with van der Waals surface area (Å²) < 4.78 is 11.6. The van der Waals surface area contributed by atoms with Gasteiger partial charge in [0.05, 0.1) is 13.2 Å². The molecule has 1 fully saturated rings. The Kier molecular flexibility index (Phi) is 12.1. The summed E-state index contributed by atoms with van der Waals surface area (Å²) in [7, 11) is 3.47. The molecule has 26 heavy (non-hydrogen) atoms. The Balaban J connectivity index is 0.00000338. The summed E-state index contributed by atoms with van der Waals surface area (Å²) in [6.07, 6.45) is 4.65. The normalized spacial score (nSPS) is 20.0. The number of hydrogen-bond donors (Lipinski definition) is 0. The van der Waals surface area contributed by atoms with Crippen LogP contribution in [-0.2, 0) is 9.47 Å². The second-order valence-corrected chi connectivity index (χ2v) is 8.45. The van der Waals surface area contributed by atoms with Gasteiger partial charge in [0.15, 0.2) is 0 Å². The van der Waals surface area contributed by atoms with Gasteiger partial charge in [0.1, 0.15) is 0 Å². The summed E-state index contributed by atoms with van der Waals surface area (Å²) in [4.78, 5) is 15.1. The van der Waals surface area contributed by atoms with E-state index in [1.807, 2.05) is 24.3 Å². The maximum atomic E-state index is 12.7. The van der Waals surface area contributed by atoms with Crippen molar-refractivity contribution in [1.82, 2.24) is 4.90 Å². The first kappa shape index (κ1) is 23.9. The van der Waals surface area contributed by atoms with Gasteiger partial charge in [-0.15, -0.1) is 12.4 Å². The first-order chi connectivity index (χ1) is 12.2. The van der Waals surface area contributed by atoms with E-state index in [1.54, 1.807) is 14.2 Å². The molecule has 1 aromatic rings. The summed E-state index contributed by atoms with van der Waals surface area (Å²) >= 11 is 4.93. The van der Waals surface area contributed by atoms with Crippen LogP contribution in [0.2, 0.25) is 0 Å². The third kappa shape index (κ3) is 7.49. The minimum absolute atomic E-state index is 0. The zero-order valence-corrected chi connectivity index (χ0v) is 18.7. The zero-order chi connectivity index (χ0) is 18.1. The van der Waals surface area contributed by atoms with E-state index in [0.29, 0.717) is 24.5 Å². The largest absolute Gasteiger partial charge is 0.383 e. The molecule has 0 bridgehead atoms. The lowest BCUT2D eigenvalue weighted by atomic mass is 9.93. The predicted molar refractivity (Wildman–Crippen MR) is 115 cm³/mol. The first-order valence-electron chi connectivity index (χ1n) is 8.84. The fraction of sp³-hybridized carbons (Fsp3) is 0.632. The fourth-order valence-corrected chi connectivity index (χ4v) is 4.85. The molecule has 0 heterocycles. The molecular formula is C19H29BrClNO3S. The quantitative estimate of drug-likeness (QED) is 0.529. The van der Waals surface area contributed by atoms with Crippen molar-refractivity contribution in [3.8, 4) is 0 Å². The molecule has 1 aliphatic rings. The van der Waals surface area contributed by atoms with Gasteiger partial charge >= 0.3 is 0 Å². The Hall–Kier alpha value is -0.110. The van der Waals surface area contributed by atoms with E-state index in [1.165, 1.54) is 24.6 Å². The monoisotopic (exact) mass is 465 g/mol. The number of halogens is 2. The number of ether oxygens (including phenoxy) is 2. The molecule has 7 heteroatoms. The van der Waals surface area contributed by atoms with Crippen LogP contribution >= 0.6 is 40.1 Å². The van der Waals surface area contributed by atoms with E-state index in [4.69, 9.17) is 9.47 Å². The Morgan fingerprint density at radius 1 is 1.12 bits per heavy atom. The molecule has 0 aliphatic heterocycles. The molecule has 0 radical (unpaired) electrons. The van der Waals surface area contributed by atoms with E-state index < -0.39 is 0 Å². The van der Waals surface area contributed by atoms with Crippen molar-refractivity contribution in [2.75, 3.05) is 40.5 Å². The average Bonchev–Trinajstić information content (AvgIpc) is 2.63. The van der Waals surface area contributed by atoms with Crippen molar-refractivity contribution in [2.45, 2.75) is 37.0 Å². The predicted octanol–water partition coefficient (Wildman–Crippen LogP) is 4.65. The molecule has 2 atom stereocenters. The smallest absolute Gasteiger partial charge is 0.219 e. The van der Waals surface area contributed by atoms with Crippen molar-refractivity contribution in [1.29, 1.82) is 0 Å². The number of carbonyl (C=O) groups excluding carboxylic acids is 1. The van der Waals surface area contributed by atoms with E-state index >= 15 is 0 Å². The second-order valence-electron chi connectivity index (χ2n) is 6.32. The SMILES string of the molecule is COCCN(CCOC)[C@@H]1CCCC[C@H]1SC(=O)c1ccc(Br)cc1.Cl. The van der Waals surface area contributed by atoms with Crippen LogP contribution in [0.25, 0.3) is 0 Å².